The van der Waals surface area contributed by atoms with Crippen LogP contribution in [0.4, 0.5) is 0 Å². The molecule has 1 N–H and O–H groups in total. The number of aryl methyl sites for hydroxylation is 2. The largest absolute Gasteiger partial charge is 0.491 e. The Morgan fingerprint density at radius 1 is 0.867 bits per heavy atom. The summed E-state index contributed by atoms with van der Waals surface area (Å²) in [6.07, 6.45) is 0.671. The van der Waals surface area contributed by atoms with E-state index in [1.807, 2.05) is 73.3 Å². The summed E-state index contributed by atoms with van der Waals surface area (Å²) in [6.45, 7) is 5.98. The fourth-order valence-corrected chi connectivity index (χ4v) is 6.05. The lowest BCUT2D eigenvalue weighted by molar-refractivity contribution is 0.0572. The van der Waals surface area contributed by atoms with Crippen LogP contribution >= 0.6 is 0 Å². The normalized spacial score (nSPS) is 14.0. The van der Waals surface area contributed by atoms with Gasteiger partial charge in [0.1, 0.15) is 23.9 Å². The maximum atomic E-state index is 14.2. The van der Waals surface area contributed by atoms with Crippen LogP contribution in [-0.4, -0.2) is 52.3 Å². The summed E-state index contributed by atoms with van der Waals surface area (Å²) < 4.78 is 17.6. The molecule has 0 spiro atoms. The predicted molar refractivity (Wildman–Crippen MR) is 173 cm³/mol. The van der Waals surface area contributed by atoms with Crippen LogP contribution in [0.1, 0.15) is 38.5 Å². The molecule has 226 valence electrons. The molecular weight excluding hydrogens is 564 g/mol. The lowest BCUT2D eigenvalue weighted by Crippen LogP contribution is -2.34. The number of hydrogen-bond acceptors (Lipinski definition) is 6. The highest BCUT2D eigenvalue weighted by Crippen LogP contribution is 2.33. The number of carbonyl (C=O) groups excluding carboxylic acids is 1. The van der Waals surface area contributed by atoms with Crippen molar-refractivity contribution in [2.45, 2.75) is 26.8 Å². The SMILES string of the molecule is Cc1noc(C)c1-c1ccc2c(c1)Cc1cccc(c1)CN(C(=O)c1ccccc1-c1nc3ccccc3[nH]1)CCOCCO2. The Hall–Kier alpha value is -5.21. The van der Waals surface area contributed by atoms with Crippen LogP contribution in [0.3, 0.4) is 0 Å². The van der Waals surface area contributed by atoms with E-state index in [0.29, 0.717) is 50.7 Å². The Morgan fingerprint density at radius 2 is 1.71 bits per heavy atom. The van der Waals surface area contributed by atoms with Crippen LogP contribution in [0, 0.1) is 13.8 Å². The van der Waals surface area contributed by atoms with Crippen LogP contribution in [0.25, 0.3) is 33.5 Å². The molecule has 0 radical (unpaired) electrons. The zero-order chi connectivity index (χ0) is 30.8. The minimum Gasteiger partial charge on any atom is -0.491 e. The molecule has 1 aliphatic rings. The van der Waals surface area contributed by atoms with Gasteiger partial charge in [0.2, 0.25) is 0 Å². The predicted octanol–water partition coefficient (Wildman–Crippen LogP) is 7.14. The van der Waals surface area contributed by atoms with Gasteiger partial charge in [0.25, 0.3) is 5.91 Å². The van der Waals surface area contributed by atoms with Gasteiger partial charge in [-0.2, -0.15) is 0 Å². The van der Waals surface area contributed by atoms with E-state index < -0.39 is 0 Å². The van der Waals surface area contributed by atoms with Gasteiger partial charge in [-0.1, -0.05) is 65.8 Å². The molecule has 0 fully saturated rings. The van der Waals surface area contributed by atoms with Crippen molar-refractivity contribution in [1.82, 2.24) is 20.0 Å². The molecular formula is C37H34N4O4. The number of imidazole rings is 1. The van der Waals surface area contributed by atoms with Crippen molar-refractivity contribution in [3.63, 3.8) is 0 Å². The average molecular weight is 599 g/mol. The van der Waals surface area contributed by atoms with Gasteiger partial charge >= 0.3 is 0 Å². The number of para-hydroxylation sites is 2. The van der Waals surface area contributed by atoms with E-state index in [4.69, 9.17) is 19.0 Å². The minimum absolute atomic E-state index is 0.0714. The number of hydrogen-bond donors (Lipinski definition) is 1. The lowest BCUT2D eigenvalue weighted by atomic mass is 9.96. The molecule has 45 heavy (non-hydrogen) atoms. The summed E-state index contributed by atoms with van der Waals surface area (Å²) in [5.41, 5.74) is 9.31. The molecule has 8 nitrogen and oxygen atoms in total. The molecule has 2 aromatic heterocycles. The second kappa shape index (κ2) is 12.4. The number of aromatic amines is 1. The van der Waals surface area contributed by atoms with E-state index in [2.05, 4.69) is 46.5 Å². The van der Waals surface area contributed by atoms with Crippen LogP contribution in [0.2, 0.25) is 0 Å². The molecule has 6 aromatic rings. The highest BCUT2D eigenvalue weighted by atomic mass is 16.5. The van der Waals surface area contributed by atoms with Gasteiger partial charge in [0.15, 0.2) is 0 Å². The Labute approximate surface area is 261 Å². The van der Waals surface area contributed by atoms with Gasteiger partial charge in [0.05, 0.1) is 35.5 Å². The molecule has 4 aromatic carbocycles. The Morgan fingerprint density at radius 3 is 2.58 bits per heavy atom. The first-order valence-corrected chi connectivity index (χ1v) is 15.2. The molecule has 8 heteroatoms. The first kappa shape index (κ1) is 28.6. The summed E-state index contributed by atoms with van der Waals surface area (Å²) in [5.74, 6) is 2.22. The second-order valence-electron chi connectivity index (χ2n) is 11.4. The average Bonchev–Trinajstić information content (AvgIpc) is 3.64. The number of benzene rings is 4. The van der Waals surface area contributed by atoms with E-state index in [0.717, 1.165) is 61.6 Å². The maximum absolute atomic E-state index is 14.2. The van der Waals surface area contributed by atoms with Crippen molar-refractivity contribution >= 4 is 16.9 Å². The number of ether oxygens (including phenoxy) is 2. The highest BCUT2D eigenvalue weighted by molar-refractivity contribution is 6.00. The molecule has 0 aliphatic carbocycles. The van der Waals surface area contributed by atoms with Gasteiger partial charge in [-0.3, -0.25) is 4.79 Å². The first-order valence-electron chi connectivity index (χ1n) is 15.2. The fourth-order valence-electron chi connectivity index (χ4n) is 6.05. The second-order valence-corrected chi connectivity index (χ2v) is 11.4. The van der Waals surface area contributed by atoms with E-state index in [-0.39, 0.29) is 5.91 Å². The van der Waals surface area contributed by atoms with Gasteiger partial charge in [-0.25, -0.2) is 4.98 Å². The van der Waals surface area contributed by atoms with Crippen molar-refractivity contribution in [1.29, 1.82) is 0 Å². The van der Waals surface area contributed by atoms with Gasteiger partial charge in [-0.15, -0.1) is 0 Å². The monoisotopic (exact) mass is 598 g/mol. The number of rotatable bonds is 3. The number of fused-ring (bicyclic) bond motifs is 4. The molecule has 0 saturated carbocycles. The van der Waals surface area contributed by atoms with Crippen molar-refractivity contribution in [2.75, 3.05) is 26.4 Å². The Balaban J connectivity index is 1.20. The highest BCUT2D eigenvalue weighted by Gasteiger charge is 2.22. The molecule has 2 bridgehead atoms. The zero-order valence-electron chi connectivity index (χ0n) is 25.4. The van der Waals surface area contributed by atoms with E-state index in [9.17, 15) is 4.79 Å². The molecule has 1 aliphatic heterocycles. The van der Waals surface area contributed by atoms with Crippen LogP contribution < -0.4 is 4.74 Å². The van der Waals surface area contributed by atoms with Crippen LogP contribution in [0.5, 0.6) is 5.75 Å². The van der Waals surface area contributed by atoms with E-state index in [1.165, 1.54) is 0 Å². The van der Waals surface area contributed by atoms with Crippen molar-refractivity contribution < 1.29 is 18.8 Å². The quantitative estimate of drug-likeness (QED) is 0.233. The smallest absolute Gasteiger partial charge is 0.254 e. The topological polar surface area (TPSA) is 93.5 Å². The number of carbonyl (C=O) groups is 1. The molecule has 0 saturated heterocycles. The lowest BCUT2D eigenvalue weighted by Gasteiger charge is -2.25. The summed E-state index contributed by atoms with van der Waals surface area (Å²) in [4.78, 5) is 24.2. The summed E-state index contributed by atoms with van der Waals surface area (Å²) in [6, 6.07) is 30.2. The van der Waals surface area contributed by atoms with Crippen LogP contribution in [-0.2, 0) is 17.7 Å². The number of nitrogens with zero attached hydrogens (tertiary/aromatic N) is 3. The van der Waals surface area contributed by atoms with Gasteiger partial charge < -0.3 is 23.9 Å². The number of nitrogens with one attached hydrogen (secondary N) is 1. The van der Waals surface area contributed by atoms with Crippen molar-refractivity contribution in [2.24, 2.45) is 0 Å². The van der Waals surface area contributed by atoms with Gasteiger partial charge in [0, 0.05) is 30.6 Å². The van der Waals surface area contributed by atoms with Gasteiger partial charge in [-0.05, 0) is 66.4 Å². The first-order chi connectivity index (χ1) is 22.0. The molecule has 0 unspecified atom stereocenters. The number of amides is 1. The van der Waals surface area contributed by atoms with Crippen molar-refractivity contribution in [3.8, 4) is 28.3 Å². The third-order valence-electron chi connectivity index (χ3n) is 8.22. The molecule has 3 heterocycles. The number of aromatic nitrogens is 3. The molecule has 0 atom stereocenters. The summed E-state index contributed by atoms with van der Waals surface area (Å²) in [5, 5.41) is 4.14. The van der Waals surface area contributed by atoms with Crippen molar-refractivity contribution in [3.05, 3.63) is 125 Å². The van der Waals surface area contributed by atoms with Crippen LogP contribution in [0.15, 0.2) is 95.5 Å². The standard InChI is InChI=1S/C37H34N4O4/c1-24-35(25(2)45-40-24)28-14-15-34-29(22-28)21-26-8-7-9-27(20-26)23-41(16-17-43-18-19-44-34)37(42)31-11-4-3-10-30(31)36-38-32-12-5-6-13-33(32)39-36/h3-15,20,22H,16-19,21,23H2,1-2H3,(H,38,39). The Bertz CT molecular complexity index is 1940. The molecule has 7 rings (SSSR count). The van der Waals surface area contributed by atoms with E-state index >= 15 is 0 Å². The summed E-state index contributed by atoms with van der Waals surface area (Å²) >= 11 is 0. The number of H-pyrrole nitrogens is 1. The minimum atomic E-state index is -0.0714. The Kier molecular flexibility index (Phi) is 7.88. The maximum Gasteiger partial charge on any atom is 0.254 e. The fraction of sp³-hybridized carbons (Fsp3) is 0.216. The zero-order valence-corrected chi connectivity index (χ0v) is 25.4. The van der Waals surface area contributed by atoms with E-state index in [1.54, 1.807) is 0 Å². The summed E-state index contributed by atoms with van der Waals surface area (Å²) in [7, 11) is 0. The molecule has 1 amide bonds. The third-order valence-corrected chi connectivity index (χ3v) is 8.22. The third kappa shape index (κ3) is 5.97.